The van der Waals surface area contributed by atoms with Gasteiger partial charge in [-0.3, -0.25) is 28.8 Å². The first-order chi connectivity index (χ1) is 23.3. The topological polar surface area (TPSA) is 215 Å². The molecule has 2 heterocycles. The highest BCUT2D eigenvalue weighted by molar-refractivity contribution is 5.69. The van der Waals surface area contributed by atoms with Crippen LogP contribution in [-0.2, 0) is 76.1 Å². The molecule has 2 saturated heterocycles. The molecule has 282 valence electrons. The molecule has 2 aliphatic heterocycles. The Morgan fingerprint density at radius 2 is 1.06 bits per heavy atom. The van der Waals surface area contributed by atoms with Crippen molar-refractivity contribution in [2.75, 3.05) is 19.8 Å². The molecule has 10 atom stereocenters. The first-order valence-corrected chi connectivity index (χ1v) is 15.9. The van der Waals surface area contributed by atoms with Crippen molar-refractivity contribution in [3.05, 3.63) is 24.3 Å². The fourth-order valence-electron chi connectivity index (χ4n) is 5.11. The van der Waals surface area contributed by atoms with Crippen LogP contribution in [0, 0.1) is 0 Å². The molecule has 2 aliphatic rings. The molecule has 0 aliphatic carbocycles. The molecule has 0 aromatic rings. The van der Waals surface area contributed by atoms with E-state index in [-0.39, 0.29) is 13.2 Å². The average molecular weight is 717 g/mol. The van der Waals surface area contributed by atoms with Gasteiger partial charge in [0, 0.05) is 41.5 Å². The van der Waals surface area contributed by atoms with Crippen LogP contribution in [0.1, 0.15) is 68.2 Å². The number of esters is 6. The fraction of sp³-hybridized carbons (Fsp3) is 0.697. The smallest absolute Gasteiger partial charge is 0.303 e. The molecule has 0 aromatic carbocycles. The van der Waals surface area contributed by atoms with Crippen molar-refractivity contribution in [2.24, 2.45) is 0 Å². The minimum absolute atomic E-state index is 0.0561. The predicted octanol–water partition coefficient (Wildman–Crippen LogP) is 1.35. The molecule has 0 saturated carbocycles. The Morgan fingerprint density at radius 3 is 1.54 bits per heavy atom. The van der Waals surface area contributed by atoms with Crippen LogP contribution in [0.3, 0.4) is 0 Å². The number of carbonyl (C=O) groups is 6. The van der Waals surface area contributed by atoms with E-state index >= 15 is 0 Å². The number of hydrogen-bond donors (Lipinski definition) is 1. The Hall–Kier alpha value is -3.90. The zero-order chi connectivity index (χ0) is 37.8. The number of hydrogen-bond acceptors (Lipinski definition) is 17. The van der Waals surface area contributed by atoms with E-state index in [2.05, 4.69) is 6.58 Å². The summed E-state index contributed by atoms with van der Waals surface area (Å²) in [5.74, 6) is -4.55. The van der Waals surface area contributed by atoms with Crippen molar-refractivity contribution in [3.63, 3.8) is 0 Å². The third-order valence-electron chi connectivity index (χ3n) is 7.30. The summed E-state index contributed by atoms with van der Waals surface area (Å²) in [6.45, 7) is 12.8. The Morgan fingerprint density at radius 1 is 0.640 bits per heavy atom. The summed E-state index contributed by atoms with van der Waals surface area (Å²) in [7, 11) is 0. The first-order valence-electron chi connectivity index (χ1n) is 15.9. The summed E-state index contributed by atoms with van der Waals surface area (Å²) in [4.78, 5) is 72.2. The largest absolute Gasteiger partial charge is 0.463 e. The van der Waals surface area contributed by atoms with E-state index in [0.29, 0.717) is 18.4 Å². The summed E-state index contributed by atoms with van der Waals surface area (Å²) >= 11 is 0. The van der Waals surface area contributed by atoms with E-state index in [9.17, 15) is 33.9 Å². The molecule has 2 rings (SSSR count). The molecular weight excluding hydrogens is 668 g/mol. The van der Waals surface area contributed by atoms with Crippen LogP contribution in [0.5, 0.6) is 0 Å². The van der Waals surface area contributed by atoms with Crippen molar-refractivity contribution in [3.8, 4) is 0 Å². The minimum Gasteiger partial charge on any atom is -0.463 e. The number of carbonyl (C=O) groups excluding carboxylic acids is 6. The standard InChI is InChI=1S/C33H48O17/c1-10-33(9,40)13-11-12-17(2)14-42-32-30(48-23(8)39)28(46-21(6)37)26(44-19(4)35)25(50-32)16-43-31-29(47-22(7)38)27(45-20(5)36)24(49-31)15-41-18(3)34/h10,12,24-32,40H,1,11,13-16H2,2-9H3/b17-12+/t24?,25-,26-,27?,28+,29?,30-,31?,32+,33?/m1/s1. The molecule has 17 heteroatoms. The third-order valence-corrected chi connectivity index (χ3v) is 7.30. The van der Waals surface area contributed by atoms with Crippen molar-refractivity contribution in [2.45, 2.75) is 129 Å². The van der Waals surface area contributed by atoms with E-state index < -0.39 is 103 Å². The Labute approximate surface area is 290 Å². The van der Waals surface area contributed by atoms with Gasteiger partial charge in [-0.25, -0.2) is 0 Å². The maximum Gasteiger partial charge on any atom is 0.303 e. The van der Waals surface area contributed by atoms with Gasteiger partial charge in [-0.05, 0) is 26.7 Å². The maximum atomic E-state index is 12.3. The fourth-order valence-corrected chi connectivity index (χ4v) is 5.11. The SMILES string of the molecule is C=CC(C)(O)CC/C=C(\C)CO[C@H]1O[C@H](COC2OC(COC(C)=O)C(OC(C)=O)C2OC(C)=O)[C@@H](OC(C)=O)[C@H](OC(C)=O)[C@H]1OC(C)=O. The Kier molecular flexibility index (Phi) is 16.5. The molecule has 50 heavy (non-hydrogen) atoms. The molecule has 17 nitrogen and oxygen atoms in total. The predicted molar refractivity (Wildman–Crippen MR) is 167 cm³/mol. The molecule has 0 bridgehead atoms. The van der Waals surface area contributed by atoms with Crippen LogP contribution in [0.15, 0.2) is 24.3 Å². The Bertz CT molecular complexity index is 1260. The highest BCUT2D eigenvalue weighted by Crippen LogP contribution is 2.33. The molecular formula is C33H48O17. The monoisotopic (exact) mass is 716 g/mol. The lowest BCUT2D eigenvalue weighted by Gasteiger charge is -2.44. The summed E-state index contributed by atoms with van der Waals surface area (Å²) < 4.78 is 56.2. The second kappa shape index (κ2) is 19.5. The van der Waals surface area contributed by atoms with Gasteiger partial charge in [0.1, 0.15) is 18.8 Å². The van der Waals surface area contributed by atoms with Crippen molar-refractivity contribution in [1.29, 1.82) is 0 Å². The van der Waals surface area contributed by atoms with Crippen molar-refractivity contribution < 1.29 is 81.2 Å². The molecule has 0 amide bonds. The molecule has 2 fully saturated rings. The van der Waals surface area contributed by atoms with Crippen LogP contribution in [0.2, 0.25) is 0 Å². The van der Waals surface area contributed by atoms with Crippen LogP contribution in [0.4, 0.5) is 0 Å². The quantitative estimate of drug-likeness (QED) is 0.128. The maximum absolute atomic E-state index is 12.3. The van der Waals surface area contributed by atoms with E-state index in [4.69, 9.17) is 47.4 Å². The normalized spacial score (nSPS) is 29.1. The van der Waals surface area contributed by atoms with Crippen LogP contribution < -0.4 is 0 Å². The van der Waals surface area contributed by atoms with Crippen LogP contribution >= 0.6 is 0 Å². The van der Waals surface area contributed by atoms with E-state index in [1.54, 1.807) is 13.8 Å². The highest BCUT2D eigenvalue weighted by atomic mass is 16.8. The zero-order valence-electron chi connectivity index (χ0n) is 29.6. The van der Waals surface area contributed by atoms with Gasteiger partial charge in [0.15, 0.2) is 43.1 Å². The van der Waals surface area contributed by atoms with E-state index in [0.717, 1.165) is 41.5 Å². The van der Waals surface area contributed by atoms with Gasteiger partial charge < -0.3 is 52.5 Å². The van der Waals surface area contributed by atoms with Gasteiger partial charge in [0.2, 0.25) is 0 Å². The van der Waals surface area contributed by atoms with Crippen LogP contribution in [-0.4, -0.2) is 122 Å². The van der Waals surface area contributed by atoms with Gasteiger partial charge in [-0.1, -0.05) is 17.7 Å². The van der Waals surface area contributed by atoms with E-state index in [1.807, 2.05) is 6.08 Å². The van der Waals surface area contributed by atoms with Gasteiger partial charge in [-0.2, -0.15) is 0 Å². The number of rotatable bonds is 17. The molecule has 5 unspecified atom stereocenters. The average Bonchev–Trinajstić information content (AvgIpc) is 3.30. The van der Waals surface area contributed by atoms with Gasteiger partial charge in [-0.15, -0.1) is 6.58 Å². The molecule has 1 N–H and O–H groups in total. The summed E-state index contributed by atoms with van der Waals surface area (Å²) in [5.41, 5.74) is -0.357. The lowest BCUT2D eigenvalue weighted by molar-refractivity contribution is -0.314. The van der Waals surface area contributed by atoms with Crippen LogP contribution in [0.25, 0.3) is 0 Å². The third kappa shape index (κ3) is 13.8. The second-order valence-electron chi connectivity index (χ2n) is 12.1. The summed E-state index contributed by atoms with van der Waals surface area (Å²) in [5, 5.41) is 10.2. The number of aliphatic hydroxyl groups is 1. The zero-order valence-corrected chi connectivity index (χ0v) is 29.6. The van der Waals surface area contributed by atoms with Gasteiger partial charge in [0.05, 0.1) is 18.8 Å². The number of allylic oxidation sites excluding steroid dienone is 1. The second-order valence-corrected chi connectivity index (χ2v) is 12.1. The summed E-state index contributed by atoms with van der Waals surface area (Å²) in [6.07, 6.45) is -7.97. The summed E-state index contributed by atoms with van der Waals surface area (Å²) in [6, 6.07) is 0. The highest BCUT2D eigenvalue weighted by Gasteiger charge is 2.54. The van der Waals surface area contributed by atoms with Gasteiger partial charge in [0.25, 0.3) is 0 Å². The molecule has 0 spiro atoms. The lowest BCUT2D eigenvalue weighted by Crippen LogP contribution is -2.63. The molecule has 0 aromatic heterocycles. The van der Waals surface area contributed by atoms with Crippen molar-refractivity contribution in [1.82, 2.24) is 0 Å². The lowest BCUT2D eigenvalue weighted by atomic mass is 9.98. The number of ether oxygens (including phenoxy) is 10. The Balaban J connectivity index is 2.43. The minimum atomic E-state index is -1.45. The van der Waals surface area contributed by atoms with Crippen molar-refractivity contribution >= 4 is 35.8 Å². The van der Waals surface area contributed by atoms with E-state index in [1.165, 1.54) is 6.08 Å². The van der Waals surface area contributed by atoms with Gasteiger partial charge >= 0.3 is 35.8 Å². The molecule has 0 radical (unpaired) electrons. The first kappa shape index (κ1) is 42.3.